The molecule has 2 aromatic carbocycles. The highest BCUT2D eigenvalue weighted by molar-refractivity contribution is 7.99. The van der Waals surface area contributed by atoms with Crippen LogP contribution in [0.15, 0.2) is 64.9 Å². The van der Waals surface area contributed by atoms with Gasteiger partial charge in [-0.3, -0.25) is 9.36 Å². The van der Waals surface area contributed by atoms with Gasteiger partial charge >= 0.3 is 0 Å². The van der Waals surface area contributed by atoms with E-state index in [1.54, 1.807) is 0 Å². The van der Waals surface area contributed by atoms with Crippen molar-refractivity contribution in [1.29, 1.82) is 0 Å². The first-order valence-electron chi connectivity index (χ1n) is 10.6. The summed E-state index contributed by atoms with van der Waals surface area (Å²) in [7, 11) is 0. The second-order valence-corrected chi connectivity index (χ2v) is 9.66. The van der Waals surface area contributed by atoms with Crippen LogP contribution in [0.2, 0.25) is 0 Å². The van der Waals surface area contributed by atoms with Crippen LogP contribution in [0, 0.1) is 0 Å². The predicted molar refractivity (Wildman–Crippen MR) is 139 cm³/mol. The van der Waals surface area contributed by atoms with Crippen LogP contribution in [0.25, 0.3) is 17.1 Å². The SMILES string of the molecule is CCNC(=S)/C=N/NC(=O)CSc1nnc(-c2ccc(C(C)(C)C)cc2)n1-c1ccccc1. The molecule has 2 N–H and O–H groups in total. The molecule has 0 radical (unpaired) electrons. The number of carbonyl (C=O) groups is 1. The average molecular weight is 481 g/mol. The van der Waals surface area contributed by atoms with Crippen molar-refractivity contribution < 1.29 is 4.79 Å². The molecule has 0 saturated carbocycles. The smallest absolute Gasteiger partial charge is 0.250 e. The summed E-state index contributed by atoms with van der Waals surface area (Å²) in [5, 5.41) is 16.3. The first-order valence-corrected chi connectivity index (χ1v) is 12.0. The largest absolute Gasteiger partial charge is 0.375 e. The van der Waals surface area contributed by atoms with Crippen molar-refractivity contribution in [2.75, 3.05) is 12.3 Å². The molecular formula is C24H28N6OS2. The Kier molecular flexibility index (Phi) is 8.35. The Morgan fingerprint density at radius 1 is 1.12 bits per heavy atom. The molecule has 0 aliphatic heterocycles. The topological polar surface area (TPSA) is 84.2 Å². The van der Waals surface area contributed by atoms with Gasteiger partial charge in [0.05, 0.1) is 12.0 Å². The van der Waals surface area contributed by atoms with E-state index in [0.717, 1.165) is 17.1 Å². The summed E-state index contributed by atoms with van der Waals surface area (Å²) in [6.07, 6.45) is 1.41. The lowest BCUT2D eigenvalue weighted by molar-refractivity contribution is -0.118. The molecule has 7 nitrogen and oxygen atoms in total. The first kappa shape index (κ1) is 24.6. The number of rotatable bonds is 8. The van der Waals surface area contributed by atoms with E-state index in [1.807, 2.05) is 41.8 Å². The van der Waals surface area contributed by atoms with Crippen molar-refractivity contribution in [3.8, 4) is 17.1 Å². The van der Waals surface area contributed by atoms with E-state index in [2.05, 4.69) is 71.1 Å². The molecule has 0 fully saturated rings. The number of aromatic nitrogens is 3. The molecule has 172 valence electrons. The fourth-order valence-corrected chi connectivity index (χ4v) is 3.97. The summed E-state index contributed by atoms with van der Waals surface area (Å²) in [4.78, 5) is 12.7. The number of nitrogens with zero attached hydrogens (tertiary/aromatic N) is 4. The van der Waals surface area contributed by atoms with Gasteiger partial charge in [-0.1, -0.05) is 87.2 Å². The lowest BCUT2D eigenvalue weighted by Crippen LogP contribution is -2.25. The van der Waals surface area contributed by atoms with Crippen LogP contribution in [-0.4, -0.2) is 44.2 Å². The predicted octanol–water partition coefficient (Wildman–Crippen LogP) is 4.36. The van der Waals surface area contributed by atoms with Crippen LogP contribution in [0.3, 0.4) is 0 Å². The van der Waals surface area contributed by atoms with Gasteiger partial charge in [-0.05, 0) is 30.0 Å². The number of hydrazone groups is 1. The highest BCUT2D eigenvalue weighted by Gasteiger charge is 2.19. The molecule has 0 bridgehead atoms. The van der Waals surface area contributed by atoms with Gasteiger partial charge in [-0.15, -0.1) is 10.2 Å². The van der Waals surface area contributed by atoms with E-state index in [4.69, 9.17) is 12.2 Å². The molecule has 1 heterocycles. The minimum Gasteiger partial charge on any atom is -0.375 e. The number of hydrogen-bond donors (Lipinski definition) is 2. The second-order valence-electron chi connectivity index (χ2n) is 8.28. The Labute approximate surface area is 204 Å². The van der Waals surface area contributed by atoms with Crippen LogP contribution in [-0.2, 0) is 10.2 Å². The highest BCUT2D eigenvalue weighted by atomic mass is 32.2. The van der Waals surface area contributed by atoms with Gasteiger partial charge in [0.1, 0.15) is 4.99 Å². The Balaban J connectivity index is 1.81. The standard InChI is InChI=1S/C24H28N6OS2/c1-5-25-21(32)15-26-27-20(31)16-33-23-29-28-22(30(23)19-9-7-6-8-10-19)17-11-13-18(14-12-17)24(2,3)4/h6-15H,5,16H2,1-4H3,(H,25,32)(H,27,31)/b26-15+. The minimum absolute atomic E-state index is 0.0683. The average Bonchev–Trinajstić information content (AvgIpc) is 3.22. The zero-order valence-electron chi connectivity index (χ0n) is 19.2. The van der Waals surface area contributed by atoms with Crippen LogP contribution < -0.4 is 10.7 Å². The number of hydrogen-bond acceptors (Lipinski definition) is 6. The molecule has 9 heteroatoms. The second kappa shape index (κ2) is 11.2. The van der Waals surface area contributed by atoms with Crippen LogP contribution >= 0.6 is 24.0 Å². The summed E-state index contributed by atoms with van der Waals surface area (Å²) in [6, 6.07) is 18.2. The quantitative estimate of drug-likeness (QED) is 0.216. The van der Waals surface area contributed by atoms with Gasteiger partial charge < -0.3 is 5.32 Å². The third kappa shape index (κ3) is 6.72. The molecular weight excluding hydrogens is 452 g/mol. The molecule has 0 aliphatic rings. The van der Waals surface area contributed by atoms with Crippen LogP contribution in [0.4, 0.5) is 0 Å². The van der Waals surface area contributed by atoms with Crippen molar-refractivity contribution in [3.05, 3.63) is 60.2 Å². The first-order chi connectivity index (χ1) is 15.8. The summed E-state index contributed by atoms with van der Waals surface area (Å²) in [5.41, 5.74) is 5.68. The fourth-order valence-electron chi connectivity index (χ4n) is 3.02. The van der Waals surface area contributed by atoms with Gasteiger partial charge in [0, 0.05) is 17.8 Å². The monoisotopic (exact) mass is 480 g/mol. The fraction of sp³-hybridized carbons (Fsp3) is 0.292. The van der Waals surface area contributed by atoms with E-state index in [0.29, 0.717) is 16.7 Å². The zero-order chi connectivity index (χ0) is 23.8. The molecule has 3 rings (SSSR count). The van der Waals surface area contributed by atoms with Gasteiger partial charge in [-0.25, -0.2) is 5.43 Å². The number of carbonyl (C=O) groups excluding carboxylic acids is 1. The molecule has 0 spiro atoms. The maximum atomic E-state index is 12.2. The normalized spacial score (nSPS) is 11.5. The Hall–Kier alpha value is -3.04. The zero-order valence-corrected chi connectivity index (χ0v) is 20.8. The number of thiocarbonyl (C=S) groups is 1. The van der Waals surface area contributed by atoms with Gasteiger partial charge in [0.15, 0.2) is 11.0 Å². The van der Waals surface area contributed by atoms with Gasteiger partial charge in [0.25, 0.3) is 5.91 Å². The van der Waals surface area contributed by atoms with Crippen molar-refractivity contribution in [2.45, 2.75) is 38.3 Å². The maximum Gasteiger partial charge on any atom is 0.250 e. The number of nitrogens with one attached hydrogen (secondary N) is 2. The Morgan fingerprint density at radius 3 is 2.45 bits per heavy atom. The van der Waals surface area contributed by atoms with Crippen molar-refractivity contribution in [3.63, 3.8) is 0 Å². The molecule has 3 aromatic rings. The lowest BCUT2D eigenvalue weighted by atomic mass is 9.87. The molecule has 33 heavy (non-hydrogen) atoms. The summed E-state index contributed by atoms with van der Waals surface area (Å²) in [5.74, 6) is 0.604. The molecule has 1 amide bonds. The number of para-hydroxylation sites is 1. The van der Waals surface area contributed by atoms with E-state index in [1.165, 1.54) is 23.5 Å². The Morgan fingerprint density at radius 2 is 1.82 bits per heavy atom. The molecule has 0 saturated heterocycles. The maximum absolute atomic E-state index is 12.2. The molecule has 1 aromatic heterocycles. The Bertz CT molecular complexity index is 1120. The summed E-state index contributed by atoms with van der Waals surface area (Å²) >= 11 is 6.35. The highest BCUT2D eigenvalue weighted by Crippen LogP contribution is 2.30. The van der Waals surface area contributed by atoms with Crippen molar-refractivity contribution in [2.24, 2.45) is 5.10 Å². The number of benzene rings is 2. The molecule has 0 unspecified atom stereocenters. The number of amides is 1. The van der Waals surface area contributed by atoms with E-state index < -0.39 is 0 Å². The van der Waals surface area contributed by atoms with Crippen LogP contribution in [0.1, 0.15) is 33.3 Å². The van der Waals surface area contributed by atoms with Crippen LogP contribution in [0.5, 0.6) is 0 Å². The molecule has 0 atom stereocenters. The van der Waals surface area contributed by atoms with E-state index in [9.17, 15) is 4.79 Å². The van der Waals surface area contributed by atoms with Gasteiger partial charge in [0.2, 0.25) is 0 Å². The summed E-state index contributed by atoms with van der Waals surface area (Å²) in [6.45, 7) is 9.20. The van der Waals surface area contributed by atoms with Gasteiger partial charge in [-0.2, -0.15) is 5.10 Å². The van der Waals surface area contributed by atoms with E-state index >= 15 is 0 Å². The minimum atomic E-state index is -0.255. The molecule has 0 aliphatic carbocycles. The number of thioether (sulfide) groups is 1. The summed E-state index contributed by atoms with van der Waals surface area (Å²) < 4.78 is 1.97. The van der Waals surface area contributed by atoms with Crippen molar-refractivity contribution >= 4 is 41.1 Å². The third-order valence-corrected chi connectivity index (χ3v) is 5.89. The van der Waals surface area contributed by atoms with Crippen molar-refractivity contribution in [1.82, 2.24) is 25.5 Å². The lowest BCUT2D eigenvalue weighted by Gasteiger charge is -2.19. The van der Waals surface area contributed by atoms with E-state index in [-0.39, 0.29) is 17.1 Å². The third-order valence-electron chi connectivity index (χ3n) is 4.71.